The fraction of sp³-hybridized carbons (Fsp3) is 0.222. The van der Waals surface area contributed by atoms with E-state index >= 15 is 0 Å². The van der Waals surface area contributed by atoms with Gasteiger partial charge in [0.05, 0.1) is 26.6 Å². The van der Waals surface area contributed by atoms with Crippen molar-refractivity contribution in [3.63, 3.8) is 0 Å². The number of imidazole rings is 1. The van der Waals surface area contributed by atoms with Crippen LogP contribution >= 0.6 is 11.6 Å². The second-order valence-electron chi connectivity index (χ2n) is 6.21. The number of amides is 1. The van der Waals surface area contributed by atoms with Gasteiger partial charge in [-0.25, -0.2) is 17.7 Å². The summed E-state index contributed by atoms with van der Waals surface area (Å²) in [5.41, 5.74) is 1.90. The number of sulfonamides is 1. The molecule has 1 heterocycles. The standard InChI is InChI=1S/C18H19ClN4O3S/c1-12-20-15-6-4-5-7-17(15)23(12)11-18(24)21-16-10-13(8-9-14(16)19)27(25,26)22(2)3/h4-10H,11H2,1-3H3,(H,21,24). The summed E-state index contributed by atoms with van der Waals surface area (Å²) in [5.74, 6) is 0.379. The minimum atomic E-state index is -3.63. The molecule has 1 N–H and O–H groups in total. The molecule has 0 aliphatic heterocycles. The van der Waals surface area contributed by atoms with E-state index in [0.29, 0.717) is 5.82 Å². The van der Waals surface area contributed by atoms with Gasteiger partial charge in [-0.1, -0.05) is 23.7 Å². The summed E-state index contributed by atoms with van der Waals surface area (Å²) in [5, 5.41) is 2.95. The minimum Gasteiger partial charge on any atom is -0.323 e. The van der Waals surface area contributed by atoms with Crippen molar-refractivity contribution in [1.82, 2.24) is 13.9 Å². The highest BCUT2D eigenvalue weighted by atomic mass is 35.5. The molecule has 0 unspecified atom stereocenters. The SMILES string of the molecule is Cc1nc2ccccc2n1CC(=O)Nc1cc(S(=O)(=O)N(C)C)ccc1Cl. The van der Waals surface area contributed by atoms with Gasteiger partial charge in [-0.3, -0.25) is 4.79 Å². The fourth-order valence-electron chi connectivity index (χ4n) is 2.70. The molecule has 0 saturated heterocycles. The molecular formula is C18H19ClN4O3S. The van der Waals surface area contributed by atoms with E-state index in [4.69, 9.17) is 11.6 Å². The molecule has 142 valence electrons. The van der Waals surface area contributed by atoms with Crippen molar-refractivity contribution in [1.29, 1.82) is 0 Å². The average Bonchev–Trinajstić information content (AvgIpc) is 2.92. The number of carbonyl (C=O) groups excluding carboxylic acids is 1. The Hall–Kier alpha value is -2.42. The van der Waals surface area contributed by atoms with Crippen molar-refractivity contribution in [2.24, 2.45) is 0 Å². The van der Waals surface area contributed by atoms with Crippen LogP contribution in [0.15, 0.2) is 47.4 Å². The maximum absolute atomic E-state index is 12.5. The predicted molar refractivity (Wildman–Crippen MR) is 105 cm³/mol. The number of hydrogen-bond acceptors (Lipinski definition) is 4. The molecule has 0 radical (unpaired) electrons. The zero-order valence-electron chi connectivity index (χ0n) is 15.1. The lowest BCUT2D eigenvalue weighted by atomic mass is 10.3. The van der Waals surface area contributed by atoms with E-state index in [-0.39, 0.29) is 28.1 Å². The molecule has 0 aliphatic carbocycles. The summed E-state index contributed by atoms with van der Waals surface area (Å²) in [7, 11) is -0.750. The van der Waals surface area contributed by atoms with E-state index in [0.717, 1.165) is 15.3 Å². The van der Waals surface area contributed by atoms with Gasteiger partial charge >= 0.3 is 0 Å². The summed E-state index contributed by atoms with van der Waals surface area (Å²) in [4.78, 5) is 17.0. The van der Waals surface area contributed by atoms with Crippen LogP contribution in [0.2, 0.25) is 5.02 Å². The van der Waals surface area contributed by atoms with E-state index in [9.17, 15) is 13.2 Å². The average molecular weight is 407 g/mol. The number of aromatic nitrogens is 2. The first-order valence-electron chi connectivity index (χ1n) is 8.14. The van der Waals surface area contributed by atoms with Crippen LogP contribution in [0.1, 0.15) is 5.82 Å². The van der Waals surface area contributed by atoms with Crippen LogP contribution in [0, 0.1) is 6.92 Å². The summed E-state index contributed by atoms with van der Waals surface area (Å²) in [6.45, 7) is 1.86. The van der Waals surface area contributed by atoms with E-state index < -0.39 is 10.0 Å². The highest BCUT2D eigenvalue weighted by molar-refractivity contribution is 7.89. The molecule has 7 nitrogen and oxygen atoms in total. The van der Waals surface area contributed by atoms with Crippen molar-refractivity contribution in [2.45, 2.75) is 18.4 Å². The van der Waals surface area contributed by atoms with Crippen LogP contribution in [0.25, 0.3) is 11.0 Å². The molecular weight excluding hydrogens is 388 g/mol. The van der Waals surface area contributed by atoms with E-state index in [2.05, 4.69) is 10.3 Å². The number of nitrogens with zero attached hydrogens (tertiary/aromatic N) is 3. The quantitative estimate of drug-likeness (QED) is 0.706. The maximum Gasteiger partial charge on any atom is 0.244 e. The number of fused-ring (bicyclic) bond motifs is 1. The second-order valence-corrected chi connectivity index (χ2v) is 8.77. The molecule has 0 spiro atoms. The topological polar surface area (TPSA) is 84.3 Å². The Labute approximate surface area is 162 Å². The fourth-order valence-corrected chi connectivity index (χ4v) is 3.79. The molecule has 3 rings (SSSR count). The maximum atomic E-state index is 12.5. The van der Waals surface area contributed by atoms with Gasteiger partial charge < -0.3 is 9.88 Å². The van der Waals surface area contributed by atoms with Gasteiger partial charge in [0.1, 0.15) is 12.4 Å². The molecule has 0 bridgehead atoms. The third-order valence-electron chi connectivity index (χ3n) is 4.14. The van der Waals surface area contributed by atoms with Gasteiger partial charge in [0.2, 0.25) is 15.9 Å². The summed E-state index contributed by atoms with van der Waals surface area (Å²) < 4.78 is 27.5. The number of anilines is 1. The number of nitrogens with one attached hydrogen (secondary N) is 1. The first kappa shape index (κ1) is 19.3. The van der Waals surface area contributed by atoms with Crippen LogP contribution in [0.3, 0.4) is 0 Å². The Balaban J connectivity index is 1.87. The first-order chi connectivity index (χ1) is 12.7. The minimum absolute atomic E-state index is 0.0351. The Morgan fingerprint density at radius 3 is 2.63 bits per heavy atom. The van der Waals surface area contributed by atoms with Crippen molar-refractivity contribution in [3.05, 3.63) is 53.3 Å². The summed E-state index contributed by atoms with van der Waals surface area (Å²) >= 11 is 6.14. The number of halogens is 1. The number of rotatable bonds is 5. The Morgan fingerprint density at radius 2 is 1.93 bits per heavy atom. The van der Waals surface area contributed by atoms with Crippen LogP contribution in [-0.4, -0.2) is 42.3 Å². The van der Waals surface area contributed by atoms with Gasteiger partial charge in [-0.2, -0.15) is 0 Å². The van der Waals surface area contributed by atoms with Crippen molar-refractivity contribution < 1.29 is 13.2 Å². The van der Waals surface area contributed by atoms with Gasteiger partial charge in [0.15, 0.2) is 0 Å². The molecule has 2 aromatic carbocycles. The van der Waals surface area contributed by atoms with Crippen molar-refractivity contribution >= 4 is 44.3 Å². The smallest absolute Gasteiger partial charge is 0.244 e. The lowest BCUT2D eigenvalue weighted by molar-refractivity contribution is -0.116. The highest BCUT2D eigenvalue weighted by Gasteiger charge is 2.19. The Morgan fingerprint density at radius 1 is 1.22 bits per heavy atom. The lowest BCUT2D eigenvalue weighted by Gasteiger charge is -2.14. The van der Waals surface area contributed by atoms with Crippen LogP contribution in [0.4, 0.5) is 5.69 Å². The van der Waals surface area contributed by atoms with Crippen LogP contribution in [-0.2, 0) is 21.4 Å². The van der Waals surface area contributed by atoms with E-state index in [1.165, 1.54) is 32.3 Å². The van der Waals surface area contributed by atoms with Crippen LogP contribution in [0.5, 0.6) is 0 Å². The van der Waals surface area contributed by atoms with Gasteiger partial charge in [0, 0.05) is 14.1 Å². The summed E-state index contributed by atoms with van der Waals surface area (Å²) in [6.07, 6.45) is 0. The zero-order chi connectivity index (χ0) is 19.8. The molecule has 1 amide bonds. The molecule has 1 aromatic heterocycles. The third-order valence-corrected chi connectivity index (χ3v) is 6.28. The summed E-state index contributed by atoms with van der Waals surface area (Å²) in [6, 6.07) is 11.7. The van der Waals surface area contributed by atoms with Gasteiger partial charge in [-0.05, 0) is 37.3 Å². The molecule has 9 heteroatoms. The number of aryl methyl sites for hydroxylation is 1. The van der Waals surface area contributed by atoms with Crippen molar-refractivity contribution in [2.75, 3.05) is 19.4 Å². The van der Waals surface area contributed by atoms with E-state index in [1.807, 2.05) is 31.2 Å². The van der Waals surface area contributed by atoms with Gasteiger partial charge in [-0.15, -0.1) is 0 Å². The number of hydrogen-bond donors (Lipinski definition) is 1. The lowest BCUT2D eigenvalue weighted by Crippen LogP contribution is -2.23. The van der Waals surface area contributed by atoms with Crippen molar-refractivity contribution in [3.8, 4) is 0 Å². The third kappa shape index (κ3) is 3.83. The Kier molecular flexibility index (Phi) is 5.23. The second kappa shape index (κ2) is 7.30. The van der Waals surface area contributed by atoms with Crippen LogP contribution < -0.4 is 5.32 Å². The highest BCUT2D eigenvalue weighted by Crippen LogP contribution is 2.26. The normalized spacial score (nSPS) is 11.9. The van der Waals surface area contributed by atoms with E-state index in [1.54, 1.807) is 4.57 Å². The Bertz CT molecular complexity index is 1120. The first-order valence-corrected chi connectivity index (χ1v) is 9.96. The van der Waals surface area contributed by atoms with Gasteiger partial charge in [0.25, 0.3) is 0 Å². The zero-order valence-corrected chi connectivity index (χ0v) is 16.7. The predicted octanol–water partition coefficient (Wildman–Crippen LogP) is 2.89. The number of carbonyl (C=O) groups is 1. The monoisotopic (exact) mass is 406 g/mol. The molecule has 0 fully saturated rings. The molecule has 27 heavy (non-hydrogen) atoms. The number of benzene rings is 2. The number of para-hydroxylation sites is 2. The molecule has 3 aromatic rings. The molecule has 0 atom stereocenters. The molecule has 0 aliphatic rings. The molecule has 0 saturated carbocycles. The largest absolute Gasteiger partial charge is 0.323 e.